The lowest BCUT2D eigenvalue weighted by Crippen LogP contribution is -2.53. The van der Waals surface area contributed by atoms with Crippen LogP contribution in [0.5, 0.6) is 0 Å². The van der Waals surface area contributed by atoms with E-state index in [9.17, 15) is 18.0 Å². The molecule has 1 saturated heterocycles. The Morgan fingerprint density at radius 3 is 2.24 bits per heavy atom. The van der Waals surface area contributed by atoms with E-state index in [0.29, 0.717) is 39.1 Å². The number of sulfonamides is 1. The summed E-state index contributed by atoms with van der Waals surface area (Å²) in [6.45, 7) is 1.93. The van der Waals surface area contributed by atoms with Crippen LogP contribution in [0.4, 0.5) is 4.79 Å². The Hall–Kier alpha value is -1.35. The van der Waals surface area contributed by atoms with Gasteiger partial charge in [0.15, 0.2) is 0 Å². The normalized spacial score (nSPS) is 16.7. The van der Waals surface area contributed by atoms with Gasteiger partial charge in [-0.15, -0.1) is 0 Å². The lowest BCUT2D eigenvalue weighted by atomic mass is 10.2. The van der Waals surface area contributed by atoms with E-state index in [-0.39, 0.29) is 12.5 Å². The maximum Gasteiger partial charge on any atom is 0.317 e. The molecule has 122 valence electrons. The van der Waals surface area contributed by atoms with Crippen molar-refractivity contribution >= 4 is 22.0 Å². The number of amides is 2. The average Bonchev–Trinajstić information content (AvgIpc) is 2.41. The van der Waals surface area contributed by atoms with E-state index in [0.717, 1.165) is 12.8 Å². The number of carboxylic acid groups (broad SMARTS) is 1. The van der Waals surface area contributed by atoms with Crippen LogP contribution >= 0.6 is 0 Å². The molecule has 0 spiro atoms. The number of hydrogen-bond acceptors (Lipinski definition) is 4. The Bertz CT molecular complexity index is 458. The Morgan fingerprint density at radius 2 is 1.71 bits per heavy atom. The summed E-state index contributed by atoms with van der Waals surface area (Å²) in [6.07, 6.45) is 3.43. The molecule has 0 saturated carbocycles. The van der Waals surface area contributed by atoms with Crippen LogP contribution in [-0.4, -0.2) is 73.7 Å². The highest BCUT2D eigenvalue weighted by Crippen LogP contribution is 2.06. The highest BCUT2D eigenvalue weighted by molar-refractivity contribution is 7.88. The molecular weight excluding hydrogens is 298 g/mol. The molecule has 1 aliphatic heterocycles. The van der Waals surface area contributed by atoms with Gasteiger partial charge in [-0.1, -0.05) is 6.42 Å². The molecular formula is C12H23N3O5S. The minimum absolute atomic E-state index is 0.154. The Morgan fingerprint density at radius 1 is 1.10 bits per heavy atom. The maximum absolute atomic E-state index is 11.8. The summed E-state index contributed by atoms with van der Waals surface area (Å²) >= 11 is 0. The number of urea groups is 1. The van der Waals surface area contributed by atoms with Gasteiger partial charge in [0.1, 0.15) is 0 Å². The predicted molar refractivity (Wildman–Crippen MR) is 77.5 cm³/mol. The second-order valence-corrected chi connectivity index (χ2v) is 7.07. The van der Waals surface area contributed by atoms with Crippen molar-refractivity contribution in [1.82, 2.24) is 14.5 Å². The highest BCUT2D eigenvalue weighted by atomic mass is 32.2. The van der Waals surface area contributed by atoms with Crippen LogP contribution in [0.3, 0.4) is 0 Å². The van der Waals surface area contributed by atoms with E-state index < -0.39 is 16.0 Å². The van der Waals surface area contributed by atoms with E-state index in [1.807, 2.05) is 0 Å². The van der Waals surface area contributed by atoms with Crippen molar-refractivity contribution in [3.05, 3.63) is 0 Å². The van der Waals surface area contributed by atoms with Crippen molar-refractivity contribution in [3.8, 4) is 0 Å². The molecule has 1 rings (SSSR count). The van der Waals surface area contributed by atoms with Crippen LogP contribution < -0.4 is 5.32 Å². The summed E-state index contributed by atoms with van der Waals surface area (Å²) < 4.78 is 24.1. The maximum atomic E-state index is 11.8. The lowest BCUT2D eigenvalue weighted by Gasteiger charge is -2.33. The van der Waals surface area contributed by atoms with Crippen molar-refractivity contribution in [1.29, 1.82) is 0 Å². The van der Waals surface area contributed by atoms with Gasteiger partial charge in [0.05, 0.1) is 6.26 Å². The van der Waals surface area contributed by atoms with Gasteiger partial charge in [0.2, 0.25) is 10.0 Å². The number of unbranched alkanes of at least 4 members (excludes halogenated alkanes) is 2. The summed E-state index contributed by atoms with van der Waals surface area (Å²) in [7, 11) is -3.18. The fourth-order valence-electron chi connectivity index (χ4n) is 2.11. The van der Waals surface area contributed by atoms with Gasteiger partial charge in [-0.3, -0.25) is 4.79 Å². The number of rotatable bonds is 7. The topological polar surface area (TPSA) is 107 Å². The molecule has 1 heterocycles. The van der Waals surface area contributed by atoms with Gasteiger partial charge >= 0.3 is 12.0 Å². The van der Waals surface area contributed by atoms with E-state index >= 15 is 0 Å². The average molecular weight is 321 g/mol. The number of carbonyl (C=O) groups excluding carboxylic acids is 1. The minimum Gasteiger partial charge on any atom is -0.481 e. The zero-order valence-electron chi connectivity index (χ0n) is 12.2. The second-order valence-electron chi connectivity index (χ2n) is 5.09. The van der Waals surface area contributed by atoms with Crippen LogP contribution in [0, 0.1) is 0 Å². The molecule has 0 unspecified atom stereocenters. The number of carboxylic acids is 1. The fourth-order valence-corrected chi connectivity index (χ4v) is 2.93. The highest BCUT2D eigenvalue weighted by Gasteiger charge is 2.25. The number of carbonyl (C=O) groups is 2. The van der Waals surface area contributed by atoms with Crippen molar-refractivity contribution in [2.24, 2.45) is 0 Å². The largest absolute Gasteiger partial charge is 0.481 e. The molecule has 0 aromatic heterocycles. The van der Waals surface area contributed by atoms with E-state index in [4.69, 9.17) is 5.11 Å². The first-order valence-corrected chi connectivity index (χ1v) is 8.85. The standard InChI is InChI=1S/C12H23N3O5S/c1-21(19,20)15-9-7-14(8-10-15)12(18)13-6-4-2-3-5-11(16)17/h2-10H2,1H3,(H,13,18)(H,16,17). The Labute approximate surface area is 125 Å². The summed E-state index contributed by atoms with van der Waals surface area (Å²) in [5.41, 5.74) is 0. The van der Waals surface area contributed by atoms with Gasteiger partial charge < -0.3 is 15.3 Å². The SMILES string of the molecule is CS(=O)(=O)N1CCN(C(=O)NCCCCCC(=O)O)CC1. The third kappa shape index (κ3) is 6.76. The van der Waals surface area contributed by atoms with Crippen molar-refractivity contribution in [2.75, 3.05) is 39.0 Å². The summed E-state index contributed by atoms with van der Waals surface area (Å²) in [6, 6.07) is -0.193. The van der Waals surface area contributed by atoms with E-state index in [1.165, 1.54) is 10.6 Å². The van der Waals surface area contributed by atoms with Crippen molar-refractivity contribution in [3.63, 3.8) is 0 Å². The van der Waals surface area contributed by atoms with Gasteiger partial charge in [-0.2, -0.15) is 4.31 Å². The molecule has 1 aliphatic rings. The molecule has 21 heavy (non-hydrogen) atoms. The van der Waals surface area contributed by atoms with Crippen molar-refractivity contribution in [2.45, 2.75) is 25.7 Å². The number of nitrogens with zero attached hydrogens (tertiary/aromatic N) is 2. The van der Waals surface area contributed by atoms with Gasteiger partial charge in [-0.25, -0.2) is 13.2 Å². The van der Waals surface area contributed by atoms with E-state index in [2.05, 4.69) is 5.32 Å². The molecule has 1 fully saturated rings. The number of piperazine rings is 1. The fraction of sp³-hybridized carbons (Fsp3) is 0.833. The zero-order chi connectivity index (χ0) is 15.9. The van der Waals surface area contributed by atoms with Crippen LogP contribution in [0.2, 0.25) is 0 Å². The quantitative estimate of drug-likeness (QED) is 0.638. The van der Waals surface area contributed by atoms with Crippen LogP contribution in [0.25, 0.3) is 0 Å². The summed E-state index contributed by atoms with van der Waals surface area (Å²) in [5, 5.41) is 11.2. The molecule has 0 aromatic carbocycles. The molecule has 0 aliphatic carbocycles. The predicted octanol–water partition coefficient (Wildman–Crippen LogP) is -0.0818. The third-order valence-corrected chi connectivity index (χ3v) is 4.64. The molecule has 0 atom stereocenters. The molecule has 0 bridgehead atoms. The van der Waals surface area contributed by atoms with Crippen LogP contribution in [-0.2, 0) is 14.8 Å². The lowest BCUT2D eigenvalue weighted by molar-refractivity contribution is -0.137. The van der Waals surface area contributed by atoms with Crippen LogP contribution in [0.15, 0.2) is 0 Å². The first kappa shape index (κ1) is 17.7. The van der Waals surface area contributed by atoms with Gasteiger partial charge in [-0.05, 0) is 12.8 Å². The molecule has 2 N–H and O–H groups in total. The zero-order valence-corrected chi connectivity index (χ0v) is 13.1. The first-order chi connectivity index (χ1) is 9.80. The molecule has 0 radical (unpaired) electrons. The number of hydrogen-bond donors (Lipinski definition) is 2. The minimum atomic E-state index is -3.18. The Balaban J connectivity index is 2.15. The molecule has 2 amide bonds. The third-order valence-electron chi connectivity index (χ3n) is 3.34. The smallest absolute Gasteiger partial charge is 0.317 e. The summed E-state index contributed by atoms with van der Waals surface area (Å²) in [4.78, 5) is 23.8. The molecule has 0 aromatic rings. The monoisotopic (exact) mass is 321 g/mol. The first-order valence-electron chi connectivity index (χ1n) is 7.00. The molecule has 8 nitrogen and oxygen atoms in total. The molecule has 9 heteroatoms. The summed E-state index contributed by atoms with van der Waals surface area (Å²) in [5.74, 6) is -0.803. The van der Waals surface area contributed by atoms with Crippen molar-refractivity contribution < 1.29 is 23.1 Å². The number of nitrogens with one attached hydrogen (secondary N) is 1. The van der Waals surface area contributed by atoms with E-state index in [1.54, 1.807) is 4.90 Å². The van der Waals surface area contributed by atoms with Gasteiger partial charge in [0.25, 0.3) is 0 Å². The Kier molecular flexibility index (Phi) is 6.90. The van der Waals surface area contributed by atoms with Crippen LogP contribution in [0.1, 0.15) is 25.7 Å². The second kappa shape index (κ2) is 8.18. The van der Waals surface area contributed by atoms with Gasteiger partial charge in [0, 0.05) is 39.1 Å². The number of aliphatic carboxylic acids is 1.